The number of carbonyl (C=O) groups is 2. The van der Waals surface area contributed by atoms with Crippen molar-refractivity contribution in [2.24, 2.45) is 5.73 Å². The van der Waals surface area contributed by atoms with Crippen LogP contribution in [0.2, 0.25) is 0 Å². The fourth-order valence-electron chi connectivity index (χ4n) is 3.26. The minimum absolute atomic E-state index is 0.387. The largest absolute Gasteiger partial charge is 0.458 e. The van der Waals surface area contributed by atoms with E-state index in [2.05, 4.69) is 6.92 Å². The highest BCUT2D eigenvalue weighted by Gasteiger charge is 2.53. The number of esters is 1. The Balaban J connectivity index is 2.03. The zero-order chi connectivity index (χ0) is 20.1. The highest BCUT2D eigenvalue weighted by atomic mass is 16.6. The van der Waals surface area contributed by atoms with E-state index in [1.165, 1.54) is 12.8 Å². The lowest BCUT2D eigenvalue weighted by Gasteiger charge is -2.21. The van der Waals surface area contributed by atoms with E-state index in [-0.39, 0.29) is 0 Å². The Morgan fingerprint density at radius 3 is 2.33 bits per heavy atom. The van der Waals surface area contributed by atoms with Crippen LogP contribution in [-0.2, 0) is 14.3 Å². The molecule has 0 aromatic heterocycles. The van der Waals surface area contributed by atoms with Gasteiger partial charge in [-0.25, -0.2) is 4.79 Å². The Kier molecular flexibility index (Phi) is 11.5. The van der Waals surface area contributed by atoms with E-state index in [9.17, 15) is 14.7 Å². The third-order valence-corrected chi connectivity index (χ3v) is 5.20. The molecule has 1 aliphatic heterocycles. The van der Waals surface area contributed by atoms with Crippen molar-refractivity contribution in [1.29, 1.82) is 0 Å². The number of cyclic esters (lactones) is 1. The van der Waals surface area contributed by atoms with Crippen molar-refractivity contribution >= 4 is 11.8 Å². The first kappa shape index (κ1) is 23.8. The molecule has 0 spiro atoms. The summed E-state index contributed by atoms with van der Waals surface area (Å²) in [7, 11) is 0. The van der Waals surface area contributed by atoms with Gasteiger partial charge in [0.05, 0.1) is 6.61 Å². The second-order valence-corrected chi connectivity index (χ2v) is 7.60. The van der Waals surface area contributed by atoms with E-state index in [0.717, 1.165) is 51.4 Å². The lowest BCUT2D eigenvalue weighted by atomic mass is 9.93. The summed E-state index contributed by atoms with van der Waals surface area (Å²) in [5.74, 6) is -0.356. The number of hydrogen-bond donors (Lipinski definition) is 3. The fraction of sp³-hybridized carbons (Fsp3) is 0.810. The van der Waals surface area contributed by atoms with Crippen molar-refractivity contribution in [1.82, 2.24) is 0 Å². The average molecular weight is 384 g/mol. The van der Waals surface area contributed by atoms with E-state index < -0.39 is 30.3 Å². The number of hydrogen-bond acceptors (Lipinski definition) is 6. The van der Waals surface area contributed by atoms with E-state index in [0.29, 0.717) is 18.6 Å². The van der Waals surface area contributed by atoms with Crippen LogP contribution >= 0.6 is 0 Å². The average Bonchev–Trinajstić information content (AvgIpc) is 2.88. The van der Waals surface area contributed by atoms with Gasteiger partial charge in [-0.2, -0.15) is 0 Å². The second-order valence-electron chi connectivity index (χ2n) is 7.60. The van der Waals surface area contributed by atoms with Gasteiger partial charge in [0.15, 0.2) is 5.54 Å². The van der Waals surface area contributed by atoms with Crippen molar-refractivity contribution in [2.45, 2.75) is 102 Å². The van der Waals surface area contributed by atoms with Gasteiger partial charge in [-0.1, -0.05) is 51.2 Å². The number of aliphatic hydroxyl groups is 2. The Morgan fingerprint density at radius 1 is 1.11 bits per heavy atom. The first-order valence-corrected chi connectivity index (χ1v) is 10.4. The lowest BCUT2D eigenvalue weighted by molar-refractivity contribution is -0.146. The molecule has 4 N–H and O–H groups in total. The molecule has 1 saturated heterocycles. The lowest BCUT2D eigenvalue weighted by Crippen LogP contribution is -2.57. The Morgan fingerprint density at radius 2 is 1.74 bits per heavy atom. The highest BCUT2D eigenvalue weighted by Crippen LogP contribution is 2.26. The van der Waals surface area contributed by atoms with E-state index >= 15 is 0 Å². The molecule has 156 valence electrons. The van der Waals surface area contributed by atoms with Crippen LogP contribution in [0.5, 0.6) is 0 Å². The van der Waals surface area contributed by atoms with Gasteiger partial charge in [0.25, 0.3) is 0 Å². The summed E-state index contributed by atoms with van der Waals surface area (Å²) >= 11 is 0. The van der Waals surface area contributed by atoms with Gasteiger partial charge < -0.3 is 20.7 Å². The summed E-state index contributed by atoms with van der Waals surface area (Å²) < 4.78 is 5.05. The minimum Gasteiger partial charge on any atom is -0.458 e. The number of rotatable bonds is 15. The normalized spacial score (nSPS) is 25.3. The fourth-order valence-corrected chi connectivity index (χ4v) is 3.26. The number of Topliss-reactive ketones (excluding diaryl/α,β-unsaturated/α-hetero) is 1. The van der Waals surface area contributed by atoms with Crippen LogP contribution in [-0.4, -0.2) is 46.3 Å². The quantitative estimate of drug-likeness (QED) is 0.228. The van der Waals surface area contributed by atoms with Crippen molar-refractivity contribution in [3.63, 3.8) is 0 Å². The molecule has 0 aromatic carbocycles. The summed E-state index contributed by atoms with van der Waals surface area (Å²) in [5, 5.41) is 19.2. The second kappa shape index (κ2) is 13.0. The molecule has 1 heterocycles. The highest BCUT2D eigenvalue weighted by molar-refractivity contribution is 5.84. The topological polar surface area (TPSA) is 110 Å². The monoisotopic (exact) mass is 383 g/mol. The summed E-state index contributed by atoms with van der Waals surface area (Å²) in [6.45, 7) is 1.54. The van der Waals surface area contributed by atoms with Crippen LogP contribution in [0.25, 0.3) is 0 Å². The number of ketones is 1. The molecule has 0 radical (unpaired) electrons. The molecule has 0 aromatic rings. The van der Waals surface area contributed by atoms with Crippen LogP contribution in [0.1, 0.15) is 84.0 Å². The number of nitrogens with two attached hydrogens (primary N) is 1. The zero-order valence-electron chi connectivity index (χ0n) is 16.7. The van der Waals surface area contributed by atoms with Gasteiger partial charge in [-0.15, -0.1) is 0 Å². The Bertz CT molecular complexity index is 479. The maximum atomic E-state index is 11.7. The van der Waals surface area contributed by atoms with Gasteiger partial charge >= 0.3 is 5.97 Å². The molecule has 0 amide bonds. The molecule has 3 atom stereocenters. The standard InChI is InChI=1S/C21H37NO5/c1-2-3-4-10-13-17(24)14-11-8-6-5-7-9-12-15-18-19(25)21(22,16-23)20(26)27-18/h9,12,18-19,23,25H,2-8,10-11,13-16,22H2,1H3. The van der Waals surface area contributed by atoms with Gasteiger partial charge in [0.1, 0.15) is 18.0 Å². The summed E-state index contributed by atoms with van der Waals surface area (Å²) in [6, 6.07) is 0. The van der Waals surface area contributed by atoms with E-state index in [1.807, 2.05) is 12.2 Å². The predicted octanol–water partition coefficient (Wildman–Crippen LogP) is 2.79. The summed E-state index contributed by atoms with van der Waals surface area (Å²) in [6.07, 6.45) is 13.5. The predicted molar refractivity (Wildman–Crippen MR) is 105 cm³/mol. The van der Waals surface area contributed by atoms with Crippen LogP contribution < -0.4 is 5.73 Å². The third-order valence-electron chi connectivity index (χ3n) is 5.20. The number of ether oxygens (including phenoxy) is 1. The maximum absolute atomic E-state index is 11.7. The third kappa shape index (κ3) is 8.11. The number of unbranched alkanes of at least 4 members (excludes halogenated alkanes) is 7. The minimum atomic E-state index is -1.70. The van der Waals surface area contributed by atoms with E-state index in [4.69, 9.17) is 15.6 Å². The van der Waals surface area contributed by atoms with Gasteiger partial charge in [-0.3, -0.25) is 4.79 Å². The van der Waals surface area contributed by atoms with Crippen molar-refractivity contribution in [3.8, 4) is 0 Å². The van der Waals surface area contributed by atoms with Gasteiger partial charge in [0.2, 0.25) is 0 Å². The van der Waals surface area contributed by atoms with Crippen molar-refractivity contribution in [2.75, 3.05) is 6.61 Å². The van der Waals surface area contributed by atoms with Crippen LogP contribution in [0, 0.1) is 0 Å². The molecule has 6 heteroatoms. The van der Waals surface area contributed by atoms with Gasteiger partial charge in [0, 0.05) is 19.3 Å². The number of carbonyl (C=O) groups excluding carboxylic acids is 2. The summed E-state index contributed by atoms with van der Waals surface area (Å²) in [5.41, 5.74) is 3.97. The number of aliphatic hydroxyl groups excluding tert-OH is 2. The maximum Gasteiger partial charge on any atom is 0.331 e. The molecule has 1 rings (SSSR count). The first-order valence-electron chi connectivity index (χ1n) is 10.4. The van der Waals surface area contributed by atoms with Crippen LogP contribution in [0.4, 0.5) is 0 Å². The Labute approximate surface area is 163 Å². The van der Waals surface area contributed by atoms with Crippen LogP contribution in [0.15, 0.2) is 12.2 Å². The Hall–Kier alpha value is -1.24. The first-order chi connectivity index (χ1) is 13.0. The molecule has 0 saturated carbocycles. The SMILES string of the molecule is CCCCCCC(=O)CCCCCCC=CCC1OC(=O)C(N)(CO)C1O. The summed E-state index contributed by atoms with van der Waals surface area (Å²) in [4.78, 5) is 23.3. The molecular weight excluding hydrogens is 346 g/mol. The molecule has 1 fully saturated rings. The smallest absolute Gasteiger partial charge is 0.331 e. The van der Waals surface area contributed by atoms with Crippen molar-refractivity contribution < 1.29 is 24.5 Å². The molecular formula is C21H37NO5. The van der Waals surface area contributed by atoms with Gasteiger partial charge in [-0.05, 0) is 25.7 Å². The van der Waals surface area contributed by atoms with Crippen molar-refractivity contribution in [3.05, 3.63) is 12.2 Å². The van der Waals surface area contributed by atoms with E-state index in [1.54, 1.807) is 0 Å². The molecule has 1 aliphatic rings. The molecule has 0 aliphatic carbocycles. The zero-order valence-corrected chi connectivity index (χ0v) is 16.7. The molecule has 6 nitrogen and oxygen atoms in total. The number of allylic oxidation sites excluding steroid dienone is 1. The molecule has 3 unspecified atom stereocenters. The molecule has 0 bridgehead atoms. The van der Waals surface area contributed by atoms with Crippen LogP contribution in [0.3, 0.4) is 0 Å². The molecule has 27 heavy (non-hydrogen) atoms.